The molecule has 0 aromatic carbocycles. The van der Waals surface area contributed by atoms with E-state index in [0.717, 1.165) is 12.8 Å². The first-order valence-corrected chi connectivity index (χ1v) is 6.62. The smallest absolute Gasteiger partial charge is 0.330 e. The monoisotopic (exact) mass is 282 g/mol. The highest BCUT2D eigenvalue weighted by molar-refractivity contribution is 5.70. The summed E-state index contributed by atoms with van der Waals surface area (Å²) in [5, 5.41) is 26.8. The van der Waals surface area contributed by atoms with Crippen molar-refractivity contribution in [3.05, 3.63) is 16.3 Å². The quantitative estimate of drug-likeness (QED) is 0.627. The van der Waals surface area contributed by atoms with E-state index in [0.29, 0.717) is 25.3 Å². The molecule has 1 heterocycles. The lowest BCUT2D eigenvalue weighted by molar-refractivity contribution is -0.384. The van der Waals surface area contributed by atoms with Crippen molar-refractivity contribution in [3.63, 3.8) is 0 Å². The molecule has 8 heteroatoms. The molecule has 0 amide bonds. The van der Waals surface area contributed by atoms with Crippen molar-refractivity contribution in [3.8, 4) is 0 Å². The van der Waals surface area contributed by atoms with Gasteiger partial charge in [0.15, 0.2) is 0 Å². The molecule has 1 saturated carbocycles. The Morgan fingerprint density at radius 1 is 1.55 bits per heavy atom. The summed E-state index contributed by atoms with van der Waals surface area (Å²) in [5.41, 5.74) is -0.0354. The fraction of sp³-hybridized carbons (Fsp3) is 0.667. The maximum absolute atomic E-state index is 10.9. The van der Waals surface area contributed by atoms with Gasteiger partial charge in [-0.1, -0.05) is 0 Å². The van der Waals surface area contributed by atoms with Crippen LogP contribution < -0.4 is 5.32 Å². The van der Waals surface area contributed by atoms with Crippen LogP contribution in [-0.2, 0) is 11.8 Å². The first-order chi connectivity index (χ1) is 9.47. The van der Waals surface area contributed by atoms with E-state index in [1.165, 1.54) is 10.9 Å². The summed E-state index contributed by atoms with van der Waals surface area (Å²) in [6, 6.07) is 0. The molecule has 2 rings (SSSR count). The molecule has 110 valence electrons. The van der Waals surface area contributed by atoms with Crippen LogP contribution in [0.15, 0.2) is 6.20 Å². The zero-order valence-corrected chi connectivity index (χ0v) is 11.3. The molecular formula is C12H18N4O4. The van der Waals surface area contributed by atoms with Gasteiger partial charge >= 0.3 is 11.7 Å². The molecule has 0 spiro atoms. The van der Waals surface area contributed by atoms with E-state index in [4.69, 9.17) is 5.11 Å². The summed E-state index contributed by atoms with van der Waals surface area (Å²) < 4.78 is 1.40. The molecule has 0 aliphatic heterocycles. The summed E-state index contributed by atoms with van der Waals surface area (Å²) in [4.78, 5) is 21.2. The highest BCUT2D eigenvalue weighted by Gasteiger charge is 2.26. The SMILES string of the molecule is Cn1cc([N+](=O)[O-])c(NCC2CCC(C(=O)O)CC2)n1. The largest absolute Gasteiger partial charge is 0.481 e. The number of carboxylic acids is 1. The summed E-state index contributed by atoms with van der Waals surface area (Å²) in [6.45, 7) is 0.587. The fourth-order valence-corrected chi connectivity index (χ4v) is 2.59. The number of rotatable bonds is 5. The van der Waals surface area contributed by atoms with Crippen LogP contribution >= 0.6 is 0 Å². The van der Waals surface area contributed by atoms with Crippen molar-refractivity contribution < 1.29 is 14.8 Å². The summed E-state index contributed by atoms with van der Waals surface area (Å²) in [7, 11) is 1.64. The molecule has 1 aliphatic rings. The van der Waals surface area contributed by atoms with E-state index in [2.05, 4.69) is 10.4 Å². The number of nitrogens with one attached hydrogen (secondary N) is 1. The Kier molecular flexibility index (Phi) is 4.21. The van der Waals surface area contributed by atoms with Gasteiger partial charge in [0, 0.05) is 13.6 Å². The minimum Gasteiger partial charge on any atom is -0.481 e. The van der Waals surface area contributed by atoms with Crippen LogP contribution in [0.1, 0.15) is 25.7 Å². The maximum atomic E-state index is 10.9. The Bertz CT molecular complexity index is 506. The van der Waals surface area contributed by atoms with Gasteiger partial charge in [-0.05, 0) is 31.6 Å². The lowest BCUT2D eigenvalue weighted by atomic mass is 9.82. The van der Waals surface area contributed by atoms with Crippen molar-refractivity contribution in [2.24, 2.45) is 18.9 Å². The summed E-state index contributed by atoms with van der Waals surface area (Å²) in [6.07, 6.45) is 4.36. The molecule has 0 unspecified atom stereocenters. The Balaban J connectivity index is 1.87. The second kappa shape index (κ2) is 5.89. The molecule has 1 fully saturated rings. The predicted molar refractivity (Wildman–Crippen MR) is 71.4 cm³/mol. The Morgan fingerprint density at radius 2 is 2.20 bits per heavy atom. The predicted octanol–water partition coefficient (Wildman–Crippen LogP) is 1.63. The van der Waals surface area contributed by atoms with Gasteiger partial charge in [-0.2, -0.15) is 0 Å². The molecular weight excluding hydrogens is 264 g/mol. The van der Waals surface area contributed by atoms with Crippen molar-refractivity contribution in [1.29, 1.82) is 0 Å². The van der Waals surface area contributed by atoms with Gasteiger partial charge in [-0.15, -0.1) is 5.10 Å². The van der Waals surface area contributed by atoms with Crippen molar-refractivity contribution >= 4 is 17.5 Å². The van der Waals surface area contributed by atoms with Crippen LogP contribution in [0.3, 0.4) is 0 Å². The first-order valence-electron chi connectivity index (χ1n) is 6.62. The van der Waals surface area contributed by atoms with Crippen molar-refractivity contribution in [2.45, 2.75) is 25.7 Å². The third kappa shape index (κ3) is 3.25. The van der Waals surface area contributed by atoms with Crippen LogP contribution in [0.25, 0.3) is 0 Å². The molecule has 0 radical (unpaired) electrons. The lowest BCUT2D eigenvalue weighted by Crippen LogP contribution is -2.25. The Morgan fingerprint density at radius 3 is 2.75 bits per heavy atom. The van der Waals surface area contributed by atoms with E-state index in [1.54, 1.807) is 7.05 Å². The van der Waals surface area contributed by atoms with Crippen molar-refractivity contribution in [1.82, 2.24) is 9.78 Å². The van der Waals surface area contributed by atoms with Crippen LogP contribution in [0, 0.1) is 22.0 Å². The molecule has 1 aromatic rings. The van der Waals surface area contributed by atoms with Gasteiger partial charge in [-0.25, -0.2) is 0 Å². The minimum atomic E-state index is -0.725. The maximum Gasteiger partial charge on any atom is 0.330 e. The van der Waals surface area contributed by atoms with E-state index in [1.807, 2.05) is 0 Å². The van der Waals surface area contributed by atoms with E-state index >= 15 is 0 Å². The third-order valence-corrected chi connectivity index (χ3v) is 3.76. The number of carboxylic acid groups (broad SMARTS) is 1. The van der Waals surface area contributed by atoms with Gasteiger partial charge in [0.05, 0.1) is 10.8 Å². The second-order valence-corrected chi connectivity index (χ2v) is 5.23. The van der Waals surface area contributed by atoms with Crippen LogP contribution in [-0.4, -0.2) is 32.3 Å². The summed E-state index contributed by atoms with van der Waals surface area (Å²) in [5.74, 6) is -0.350. The third-order valence-electron chi connectivity index (χ3n) is 3.76. The van der Waals surface area contributed by atoms with Gasteiger partial charge < -0.3 is 10.4 Å². The van der Waals surface area contributed by atoms with Crippen LogP contribution in [0.4, 0.5) is 11.5 Å². The van der Waals surface area contributed by atoms with Crippen LogP contribution in [0.5, 0.6) is 0 Å². The second-order valence-electron chi connectivity index (χ2n) is 5.23. The van der Waals surface area contributed by atoms with Gasteiger partial charge in [-0.3, -0.25) is 19.6 Å². The molecule has 20 heavy (non-hydrogen) atoms. The topological polar surface area (TPSA) is 110 Å². The number of hydrogen-bond acceptors (Lipinski definition) is 5. The van der Waals surface area contributed by atoms with Crippen LogP contribution in [0.2, 0.25) is 0 Å². The van der Waals surface area contributed by atoms with Gasteiger partial charge in [0.2, 0.25) is 5.82 Å². The average Bonchev–Trinajstić information content (AvgIpc) is 2.78. The van der Waals surface area contributed by atoms with Crippen molar-refractivity contribution in [2.75, 3.05) is 11.9 Å². The van der Waals surface area contributed by atoms with E-state index in [-0.39, 0.29) is 17.4 Å². The molecule has 0 saturated heterocycles. The molecule has 1 aliphatic carbocycles. The fourth-order valence-electron chi connectivity index (χ4n) is 2.59. The Hall–Kier alpha value is -2.12. The number of nitrogens with zero attached hydrogens (tertiary/aromatic N) is 3. The number of nitro groups is 1. The first kappa shape index (κ1) is 14.3. The highest BCUT2D eigenvalue weighted by Crippen LogP contribution is 2.30. The molecule has 8 nitrogen and oxygen atoms in total. The minimum absolute atomic E-state index is 0.0354. The number of aryl methyl sites for hydroxylation is 1. The number of hydrogen-bond donors (Lipinski definition) is 2. The Labute approximate surface area is 115 Å². The molecule has 2 N–H and O–H groups in total. The summed E-state index contributed by atoms with van der Waals surface area (Å²) >= 11 is 0. The number of anilines is 1. The lowest BCUT2D eigenvalue weighted by Gasteiger charge is -2.25. The molecule has 1 aromatic heterocycles. The average molecular weight is 282 g/mol. The number of carbonyl (C=O) groups is 1. The highest BCUT2D eigenvalue weighted by atomic mass is 16.6. The standard InChI is InChI=1S/C12H18N4O4/c1-15-7-10(16(19)20)11(14-15)13-6-8-2-4-9(5-3-8)12(17)18/h7-9H,2-6H2,1H3,(H,13,14)(H,17,18). The zero-order valence-electron chi connectivity index (χ0n) is 11.3. The molecule has 0 bridgehead atoms. The molecule has 0 atom stereocenters. The number of aliphatic carboxylic acids is 1. The van der Waals surface area contributed by atoms with E-state index < -0.39 is 10.9 Å². The van der Waals surface area contributed by atoms with E-state index in [9.17, 15) is 14.9 Å². The van der Waals surface area contributed by atoms with Gasteiger partial charge in [0.25, 0.3) is 0 Å². The zero-order chi connectivity index (χ0) is 14.7. The number of aromatic nitrogens is 2. The normalized spacial score (nSPS) is 22.4. The van der Waals surface area contributed by atoms with Gasteiger partial charge in [0.1, 0.15) is 6.20 Å².